The third-order valence-corrected chi connectivity index (χ3v) is 3.73. The monoisotopic (exact) mass is 373 g/mol. The molecule has 0 unspecified atom stereocenters. The lowest BCUT2D eigenvalue weighted by Gasteiger charge is -2.09. The molecule has 0 bridgehead atoms. The first kappa shape index (κ1) is 17.6. The van der Waals surface area contributed by atoms with Gasteiger partial charge >= 0.3 is 6.03 Å². The first-order valence-corrected chi connectivity index (χ1v) is 8.19. The number of urea groups is 1. The Labute approximate surface area is 153 Å². The number of aromatic nitrogens is 5. The van der Waals surface area contributed by atoms with Crippen LogP contribution < -0.4 is 16.2 Å². The summed E-state index contributed by atoms with van der Waals surface area (Å²) in [7, 11) is 0. The number of carbonyl (C=O) groups excluding carboxylic acids is 1. The van der Waals surface area contributed by atoms with Crippen LogP contribution in [0.25, 0.3) is 5.82 Å². The summed E-state index contributed by atoms with van der Waals surface area (Å²) in [5.74, 6) is 0.467. The van der Waals surface area contributed by atoms with Gasteiger partial charge < -0.3 is 10.6 Å². The lowest BCUT2D eigenvalue weighted by atomic mass is 10.2. The quantitative estimate of drug-likeness (QED) is 0.669. The Kier molecular flexibility index (Phi) is 5.59. The molecule has 2 aromatic heterocycles. The van der Waals surface area contributed by atoms with Gasteiger partial charge in [-0.05, 0) is 23.8 Å². The molecule has 0 aliphatic rings. The van der Waals surface area contributed by atoms with Gasteiger partial charge in [-0.1, -0.05) is 23.7 Å². The molecule has 1 aromatic carbocycles. The second-order valence-electron chi connectivity index (χ2n) is 5.33. The lowest BCUT2D eigenvalue weighted by Crippen LogP contribution is -2.38. The van der Waals surface area contributed by atoms with E-state index in [1.165, 1.54) is 28.1 Å². The molecule has 0 spiro atoms. The maximum Gasteiger partial charge on any atom is 0.315 e. The van der Waals surface area contributed by atoms with E-state index < -0.39 is 0 Å². The summed E-state index contributed by atoms with van der Waals surface area (Å²) in [5.41, 5.74) is 0.667. The second kappa shape index (κ2) is 8.26. The van der Waals surface area contributed by atoms with Crippen LogP contribution in [0.15, 0.2) is 53.8 Å². The summed E-state index contributed by atoms with van der Waals surface area (Å²) in [6.45, 7) is 0.860. The Morgan fingerprint density at radius 3 is 2.65 bits per heavy atom. The van der Waals surface area contributed by atoms with Crippen molar-refractivity contribution in [2.45, 2.75) is 13.1 Å². The number of hydrogen-bond donors (Lipinski definition) is 2. The van der Waals surface area contributed by atoms with E-state index in [0.29, 0.717) is 17.4 Å². The highest BCUT2D eigenvalue weighted by Crippen LogP contribution is 2.08. The topological polar surface area (TPSA) is 107 Å². The summed E-state index contributed by atoms with van der Waals surface area (Å²) < 4.78 is 2.71. The van der Waals surface area contributed by atoms with E-state index in [9.17, 15) is 9.59 Å². The standard InChI is InChI=1S/C16H16ClN7O2/c17-13-3-1-12(2-4-13)9-20-16(26)19-7-8-23-15(25)6-5-14(22-23)24-11-18-10-21-24/h1-6,10-11H,7-9H2,(H2,19,20,26). The third kappa shape index (κ3) is 4.67. The van der Waals surface area contributed by atoms with Crippen molar-refractivity contribution in [2.75, 3.05) is 6.54 Å². The molecule has 26 heavy (non-hydrogen) atoms. The summed E-state index contributed by atoms with van der Waals surface area (Å²) in [5, 5.41) is 14.2. The Bertz CT molecular complexity index is 923. The lowest BCUT2D eigenvalue weighted by molar-refractivity contribution is 0.240. The highest BCUT2D eigenvalue weighted by molar-refractivity contribution is 6.30. The van der Waals surface area contributed by atoms with Crippen molar-refractivity contribution < 1.29 is 4.79 Å². The normalized spacial score (nSPS) is 10.5. The Hall–Kier alpha value is -3.20. The Morgan fingerprint density at radius 2 is 1.92 bits per heavy atom. The van der Waals surface area contributed by atoms with Crippen LogP contribution in [0.1, 0.15) is 5.56 Å². The molecule has 0 aliphatic heterocycles. The van der Waals surface area contributed by atoms with Crippen LogP contribution in [-0.2, 0) is 13.1 Å². The molecule has 134 valence electrons. The van der Waals surface area contributed by atoms with E-state index in [-0.39, 0.29) is 24.7 Å². The molecule has 0 aliphatic carbocycles. The zero-order valence-corrected chi connectivity index (χ0v) is 14.4. The van der Waals surface area contributed by atoms with Gasteiger partial charge in [0.1, 0.15) is 12.7 Å². The van der Waals surface area contributed by atoms with Gasteiger partial charge in [0.15, 0.2) is 5.82 Å². The number of nitrogens with one attached hydrogen (secondary N) is 2. The highest BCUT2D eigenvalue weighted by atomic mass is 35.5. The zero-order valence-electron chi connectivity index (χ0n) is 13.7. The summed E-state index contributed by atoms with van der Waals surface area (Å²) >= 11 is 5.82. The van der Waals surface area contributed by atoms with Crippen molar-refractivity contribution in [1.82, 2.24) is 35.2 Å². The Morgan fingerprint density at radius 1 is 1.12 bits per heavy atom. The number of benzene rings is 1. The van der Waals surface area contributed by atoms with Crippen molar-refractivity contribution in [3.8, 4) is 5.82 Å². The molecule has 0 fully saturated rings. The number of rotatable bonds is 6. The molecule has 2 heterocycles. The van der Waals surface area contributed by atoms with E-state index in [4.69, 9.17) is 11.6 Å². The molecule has 3 rings (SSSR count). The van der Waals surface area contributed by atoms with Crippen LogP contribution in [0.4, 0.5) is 4.79 Å². The molecule has 0 saturated heterocycles. The molecule has 10 heteroatoms. The molecule has 0 radical (unpaired) electrons. The molecule has 3 aromatic rings. The molecular formula is C16H16ClN7O2. The largest absolute Gasteiger partial charge is 0.336 e. The van der Waals surface area contributed by atoms with E-state index in [0.717, 1.165) is 5.56 Å². The van der Waals surface area contributed by atoms with E-state index in [2.05, 4.69) is 25.8 Å². The van der Waals surface area contributed by atoms with Gasteiger partial charge in [-0.3, -0.25) is 4.79 Å². The van der Waals surface area contributed by atoms with Crippen LogP contribution in [0.3, 0.4) is 0 Å². The van der Waals surface area contributed by atoms with Crippen LogP contribution in [0.2, 0.25) is 5.02 Å². The van der Waals surface area contributed by atoms with Crippen LogP contribution in [0, 0.1) is 0 Å². The highest BCUT2D eigenvalue weighted by Gasteiger charge is 2.05. The van der Waals surface area contributed by atoms with Crippen molar-refractivity contribution in [3.63, 3.8) is 0 Å². The van der Waals surface area contributed by atoms with Gasteiger partial charge in [0.25, 0.3) is 5.56 Å². The fraction of sp³-hybridized carbons (Fsp3) is 0.188. The van der Waals surface area contributed by atoms with Gasteiger partial charge in [-0.15, -0.1) is 5.10 Å². The van der Waals surface area contributed by atoms with Crippen LogP contribution in [0.5, 0.6) is 0 Å². The summed E-state index contributed by atoms with van der Waals surface area (Å²) in [6.07, 6.45) is 2.86. The first-order valence-electron chi connectivity index (χ1n) is 7.81. The van der Waals surface area contributed by atoms with Gasteiger partial charge in [-0.25, -0.2) is 19.1 Å². The number of amides is 2. The molecule has 2 amide bonds. The zero-order chi connectivity index (χ0) is 18.4. The fourth-order valence-corrected chi connectivity index (χ4v) is 2.30. The number of halogens is 1. The van der Waals surface area contributed by atoms with Crippen molar-refractivity contribution in [1.29, 1.82) is 0 Å². The molecule has 2 N–H and O–H groups in total. The number of hydrogen-bond acceptors (Lipinski definition) is 5. The SMILES string of the molecule is O=C(NCCn1nc(-n2cncn2)ccc1=O)NCc1ccc(Cl)cc1. The predicted octanol–water partition coefficient (Wildman–Crippen LogP) is 0.977. The fourth-order valence-electron chi connectivity index (χ4n) is 2.17. The van der Waals surface area contributed by atoms with Gasteiger partial charge in [-0.2, -0.15) is 5.10 Å². The van der Waals surface area contributed by atoms with Gasteiger partial charge in [0.2, 0.25) is 0 Å². The minimum Gasteiger partial charge on any atom is -0.336 e. The second-order valence-corrected chi connectivity index (χ2v) is 5.77. The van der Waals surface area contributed by atoms with Gasteiger partial charge in [0.05, 0.1) is 6.54 Å². The molecule has 9 nitrogen and oxygen atoms in total. The minimum absolute atomic E-state index is 0.232. The third-order valence-electron chi connectivity index (χ3n) is 3.48. The number of carbonyl (C=O) groups is 1. The molecule has 0 atom stereocenters. The first-order chi connectivity index (χ1) is 12.6. The summed E-state index contributed by atoms with van der Waals surface area (Å²) in [6, 6.07) is 9.81. The maximum atomic E-state index is 11.9. The smallest absolute Gasteiger partial charge is 0.315 e. The average molecular weight is 374 g/mol. The summed E-state index contributed by atoms with van der Waals surface area (Å²) in [4.78, 5) is 27.5. The van der Waals surface area contributed by atoms with E-state index >= 15 is 0 Å². The average Bonchev–Trinajstić information content (AvgIpc) is 3.17. The van der Waals surface area contributed by atoms with Crippen LogP contribution >= 0.6 is 11.6 Å². The predicted molar refractivity (Wildman–Crippen MR) is 95.1 cm³/mol. The molecular weight excluding hydrogens is 358 g/mol. The van der Waals surface area contributed by atoms with E-state index in [1.54, 1.807) is 18.2 Å². The maximum absolute atomic E-state index is 11.9. The van der Waals surface area contributed by atoms with Crippen molar-refractivity contribution >= 4 is 17.6 Å². The van der Waals surface area contributed by atoms with E-state index in [1.807, 2.05) is 12.1 Å². The van der Waals surface area contributed by atoms with Crippen molar-refractivity contribution in [2.24, 2.45) is 0 Å². The van der Waals surface area contributed by atoms with Gasteiger partial charge in [0, 0.05) is 24.2 Å². The van der Waals surface area contributed by atoms with Crippen molar-refractivity contribution in [3.05, 3.63) is 70.0 Å². The van der Waals surface area contributed by atoms with Crippen LogP contribution in [-0.4, -0.2) is 37.1 Å². The number of nitrogens with zero attached hydrogens (tertiary/aromatic N) is 5. The Balaban J connectivity index is 1.49. The minimum atomic E-state index is -0.333. The molecule has 0 saturated carbocycles.